The molecule has 1 aromatic heterocycles. The number of hydrogen-bond donors (Lipinski definition) is 1. The van der Waals surface area contributed by atoms with Crippen molar-refractivity contribution in [3.63, 3.8) is 0 Å². The maximum absolute atomic E-state index is 13.8. The van der Waals surface area contributed by atoms with Crippen molar-refractivity contribution in [1.29, 1.82) is 0 Å². The molecule has 1 N–H and O–H groups in total. The fourth-order valence-corrected chi connectivity index (χ4v) is 6.40. The van der Waals surface area contributed by atoms with Gasteiger partial charge in [-0.1, -0.05) is 27.7 Å². The summed E-state index contributed by atoms with van der Waals surface area (Å²) in [5, 5.41) is 3.63. The molecule has 43 heavy (non-hydrogen) atoms. The molecular weight excluding hydrogens is 532 g/mol. The molecule has 1 amide bonds. The highest BCUT2D eigenvalue weighted by molar-refractivity contribution is 5.98. The average Bonchev–Trinajstić information content (AvgIpc) is 3.65. The van der Waals surface area contributed by atoms with E-state index in [4.69, 9.17) is 4.98 Å². The summed E-state index contributed by atoms with van der Waals surface area (Å²) in [5.41, 5.74) is 5.07. The molecule has 2 aliphatic rings. The van der Waals surface area contributed by atoms with E-state index in [1.807, 2.05) is 12.1 Å². The summed E-state index contributed by atoms with van der Waals surface area (Å²) in [5.74, 6) is 2.12. The van der Waals surface area contributed by atoms with Gasteiger partial charge in [0, 0.05) is 49.7 Å². The highest BCUT2D eigenvalue weighted by Crippen LogP contribution is 2.28. The molecule has 7 nitrogen and oxygen atoms in total. The summed E-state index contributed by atoms with van der Waals surface area (Å²) in [6, 6.07) is 14.9. The van der Waals surface area contributed by atoms with Gasteiger partial charge >= 0.3 is 0 Å². The Balaban J connectivity index is 1.39. The van der Waals surface area contributed by atoms with Crippen LogP contribution in [0.1, 0.15) is 89.4 Å². The Hall–Kier alpha value is -3.06. The van der Waals surface area contributed by atoms with Crippen molar-refractivity contribution in [3.05, 3.63) is 48.0 Å². The lowest BCUT2D eigenvalue weighted by Crippen LogP contribution is -2.34. The van der Waals surface area contributed by atoms with Gasteiger partial charge in [0.2, 0.25) is 5.95 Å². The number of nitrogens with zero attached hydrogens (tertiary/aromatic N) is 5. The third-order valence-electron chi connectivity index (χ3n) is 9.13. The van der Waals surface area contributed by atoms with Crippen LogP contribution in [0, 0.1) is 11.8 Å². The molecule has 7 heteroatoms. The summed E-state index contributed by atoms with van der Waals surface area (Å²) < 4.78 is 2.30. The smallest absolute Gasteiger partial charge is 0.253 e. The second kappa shape index (κ2) is 15.1. The first-order valence-corrected chi connectivity index (χ1v) is 17.0. The van der Waals surface area contributed by atoms with Crippen LogP contribution in [0.5, 0.6) is 0 Å². The monoisotopic (exact) mass is 586 g/mol. The standard InChI is InChI=1S/C36H54N6O/c1-28(2)17-25-41(26-18-29(3)4)35(43)30-11-16-33-34(27-30)42(24-10-21-39-19-8-9-20-39)36(38-33)37-31-12-14-32(15-13-31)40-22-6-5-7-23-40/h11-16,27-29H,5-10,17-26H2,1-4H3,(H,37,38). The van der Waals surface area contributed by atoms with Crippen LogP contribution in [0.25, 0.3) is 11.0 Å². The van der Waals surface area contributed by atoms with E-state index in [0.717, 1.165) is 86.8 Å². The molecule has 0 unspecified atom stereocenters. The van der Waals surface area contributed by atoms with E-state index < -0.39 is 0 Å². The number of nitrogens with one attached hydrogen (secondary N) is 1. The number of hydrogen-bond acceptors (Lipinski definition) is 5. The van der Waals surface area contributed by atoms with Gasteiger partial charge in [0.25, 0.3) is 5.91 Å². The predicted molar refractivity (Wildman–Crippen MR) is 181 cm³/mol. The van der Waals surface area contributed by atoms with Gasteiger partial charge in [0.1, 0.15) is 0 Å². The first-order valence-electron chi connectivity index (χ1n) is 17.0. The van der Waals surface area contributed by atoms with Gasteiger partial charge < -0.3 is 24.6 Å². The number of piperidine rings is 1. The van der Waals surface area contributed by atoms with E-state index in [0.29, 0.717) is 11.8 Å². The van der Waals surface area contributed by atoms with Crippen LogP contribution in [0.3, 0.4) is 0 Å². The Kier molecular flexibility index (Phi) is 11.0. The molecule has 2 aromatic carbocycles. The number of fused-ring (bicyclic) bond motifs is 1. The Morgan fingerprint density at radius 2 is 1.49 bits per heavy atom. The van der Waals surface area contributed by atoms with Crippen LogP contribution in [0.2, 0.25) is 0 Å². The number of anilines is 3. The first kappa shape index (κ1) is 31.4. The van der Waals surface area contributed by atoms with Gasteiger partial charge in [-0.15, -0.1) is 0 Å². The molecule has 3 aromatic rings. The van der Waals surface area contributed by atoms with Crippen molar-refractivity contribution in [3.8, 4) is 0 Å². The van der Waals surface area contributed by atoms with Crippen LogP contribution in [-0.4, -0.2) is 71.1 Å². The van der Waals surface area contributed by atoms with E-state index >= 15 is 0 Å². The van der Waals surface area contributed by atoms with Crippen LogP contribution < -0.4 is 10.2 Å². The summed E-state index contributed by atoms with van der Waals surface area (Å²) in [6.07, 6.45) is 9.61. The lowest BCUT2D eigenvalue weighted by atomic mass is 10.1. The van der Waals surface area contributed by atoms with Crippen molar-refractivity contribution < 1.29 is 4.79 Å². The topological polar surface area (TPSA) is 56.6 Å². The third-order valence-corrected chi connectivity index (χ3v) is 9.13. The normalized spacial score (nSPS) is 16.1. The van der Waals surface area contributed by atoms with E-state index in [1.165, 1.54) is 50.9 Å². The molecule has 0 atom stereocenters. The highest BCUT2D eigenvalue weighted by atomic mass is 16.2. The molecule has 2 saturated heterocycles. The fraction of sp³-hybridized carbons (Fsp3) is 0.611. The molecule has 0 saturated carbocycles. The Morgan fingerprint density at radius 3 is 2.14 bits per heavy atom. The fourth-order valence-electron chi connectivity index (χ4n) is 6.40. The number of benzene rings is 2. The molecule has 2 fully saturated rings. The second-order valence-electron chi connectivity index (χ2n) is 13.6. The molecular formula is C36H54N6O. The Morgan fingerprint density at radius 1 is 0.837 bits per heavy atom. The lowest BCUT2D eigenvalue weighted by molar-refractivity contribution is 0.0741. The van der Waals surface area contributed by atoms with Crippen LogP contribution in [0.4, 0.5) is 17.3 Å². The summed E-state index contributed by atoms with van der Waals surface area (Å²) >= 11 is 0. The van der Waals surface area contributed by atoms with Gasteiger partial charge in [-0.25, -0.2) is 4.98 Å². The number of aryl methyl sites for hydroxylation is 1. The van der Waals surface area contributed by atoms with E-state index in [2.05, 4.69) is 82.6 Å². The Labute approximate surface area is 259 Å². The van der Waals surface area contributed by atoms with Crippen LogP contribution in [-0.2, 0) is 6.54 Å². The second-order valence-corrected chi connectivity index (χ2v) is 13.6. The van der Waals surface area contributed by atoms with Crippen LogP contribution >= 0.6 is 0 Å². The van der Waals surface area contributed by atoms with Crippen molar-refractivity contribution in [2.45, 2.75) is 85.6 Å². The Bertz CT molecular complexity index is 1290. The van der Waals surface area contributed by atoms with Gasteiger partial charge in [-0.05, 0) is 125 Å². The predicted octanol–water partition coefficient (Wildman–Crippen LogP) is 7.79. The summed E-state index contributed by atoms with van der Waals surface area (Å²) in [7, 11) is 0. The molecule has 3 heterocycles. The highest BCUT2D eigenvalue weighted by Gasteiger charge is 2.20. The number of imidazole rings is 1. The quantitative estimate of drug-likeness (QED) is 0.209. The van der Waals surface area contributed by atoms with Gasteiger partial charge in [-0.2, -0.15) is 0 Å². The number of carbonyl (C=O) groups excluding carboxylic acids is 1. The van der Waals surface area contributed by atoms with Crippen molar-refractivity contribution in [2.75, 3.05) is 56.0 Å². The van der Waals surface area contributed by atoms with E-state index in [1.54, 1.807) is 0 Å². The summed E-state index contributed by atoms with van der Waals surface area (Å²) in [6.45, 7) is 17.2. The molecule has 5 rings (SSSR count). The van der Waals surface area contributed by atoms with Gasteiger partial charge in [0.15, 0.2) is 0 Å². The van der Waals surface area contributed by atoms with Crippen LogP contribution in [0.15, 0.2) is 42.5 Å². The van der Waals surface area contributed by atoms with Crippen molar-refractivity contribution >= 4 is 34.3 Å². The zero-order chi connectivity index (χ0) is 30.2. The summed E-state index contributed by atoms with van der Waals surface area (Å²) in [4.78, 5) is 26.0. The minimum Gasteiger partial charge on any atom is -0.372 e. The molecule has 0 bridgehead atoms. The zero-order valence-corrected chi connectivity index (χ0v) is 27.2. The molecule has 0 radical (unpaired) electrons. The first-order chi connectivity index (χ1) is 20.9. The molecule has 0 spiro atoms. The minimum atomic E-state index is 0.135. The SMILES string of the molecule is CC(C)CCN(CCC(C)C)C(=O)c1ccc2nc(Nc3ccc(N4CCCCC4)cc3)n(CCCN3CCCC3)c2c1. The van der Waals surface area contributed by atoms with Gasteiger partial charge in [-0.3, -0.25) is 4.79 Å². The number of amides is 1. The maximum atomic E-state index is 13.8. The number of aromatic nitrogens is 2. The number of carbonyl (C=O) groups is 1. The number of rotatable bonds is 14. The van der Waals surface area contributed by atoms with Gasteiger partial charge in [0.05, 0.1) is 11.0 Å². The van der Waals surface area contributed by atoms with Crippen molar-refractivity contribution in [2.24, 2.45) is 11.8 Å². The van der Waals surface area contributed by atoms with Crippen molar-refractivity contribution in [1.82, 2.24) is 19.4 Å². The average molecular weight is 587 g/mol. The maximum Gasteiger partial charge on any atom is 0.253 e. The minimum absolute atomic E-state index is 0.135. The van der Waals surface area contributed by atoms with E-state index in [-0.39, 0.29) is 5.91 Å². The third kappa shape index (κ3) is 8.53. The molecule has 0 aliphatic carbocycles. The van der Waals surface area contributed by atoms with E-state index in [9.17, 15) is 4.79 Å². The largest absolute Gasteiger partial charge is 0.372 e. The molecule has 234 valence electrons. The zero-order valence-electron chi connectivity index (χ0n) is 27.2. The number of likely N-dealkylation sites (tertiary alicyclic amines) is 1. The molecule has 2 aliphatic heterocycles. The lowest BCUT2D eigenvalue weighted by Gasteiger charge is -2.28.